The smallest absolute Gasteiger partial charge is 0.0791 e. The minimum absolute atomic E-state index is 0.189. The molecular formula is C13H15BrClNS2. The SMILES string of the molecule is CCNC(c1sc(C)cc1Br)c1scc(C)c1Cl. The first-order chi connectivity index (χ1) is 8.54. The predicted octanol–water partition coefficient (Wildman–Crippen LogP) is 5.54. The van der Waals surface area contributed by atoms with Gasteiger partial charge in [-0.1, -0.05) is 18.5 Å². The highest BCUT2D eigenvalue weighted by molar-refractivity contribution is 9.10. The molecule has 2 rings (SSSR count). The van der Waals surface area contributed by atoms with Crippen LogP contribution in [0.5, 0.6) is 0 Å². The van der Waals surface area contributed by atoms with Gasteiger partial charge in [0.15, 0.2) is 0 Å². The molecule has 0 saturated carbocycles. The topological polar surface area (TPSA) is 12.0 Å². The van der Waals surface area contributed by atoms with Crippen LogP contribution in [0.15, 0.2) is 15.9 Å². The molecule has 0 fully saturated rings. The van der Waals surface area contributed by atoms with E-state index in [1.807, 2.05) is 11.3 Å². The third-order valence-corrected chi connectivity index (χ3v) is 6.51. The van der Waals surface area contributed by atoms with E-state index < -0.39 is 0 Å². The van der Waals surface area contributed by atoms with Crippen molar-refractivity contribution < 1.29 is 0 Å². The summed E-state index contributed by atoms with van der Waals surface area (Å²) in [6.07, 6.45) is 0. The molecule has 1 N–H and O–H groups in total. The normalized spacial score (nSPS) is 12.9. The van der Waals surface area contributed by atoms with Crippen LogP contribution in [0.1, 0.15) is 33.2 Å². The Morgan fingerprint density at radius 1 is 1.39 bits per heavy atom. The quantitative estimate of drug-likeness (QED) is 0.751. The summed E-state index contributed by atoms with van der Waals surface area (Å²) < 4.78 is 1.16. The van der Waals surface area contributed by atoms with Gasteiger partial charge >= 0.3 is 0 Å². The molecule has 0 aliphatic carbocycles. The van der Waals surface area contributed by atoms with Crippen molar-refractivity contribution in [2.75, 3.05) is 6.54 Å². The zero-order valence-corrected chi connectivity index (χ0v) is 14.5. The lowest BCUT2D eigenvalue weighted by Gasteiger charge is -2.16. The number of hydrogen-bond donors (Lipinski definition) is 1. The first-order valence-corrected chi connectivity index (χ1v) is 8.64. The van der Waals surface area contributed by atoms with Gasteiger partial charge in [-0.05, 0) is 53.3 Å². The van der Waals surface area contributed by atoms with Gasteiger partial charge in [-0.2, -0.15) is 0 Å². The number of halogens is 2. The van der Waals surface area contributed by atoms with Gasteiger partial charge in [0.05, 0.1) is 11.1 Å². The molecule has 0 bridgehead atoms. The second-order valence-electron chi connectivity index (χ2n) is 4.16. The molecule has 98 valence electrons. The summed E-state index contributed by atoms with van der Waals surface area (Å²) in [7, 11) is 0. The van der Waals surface area contributed by atoms with E-state index >= 15 is 0 Å². The molecule has 18 heavy (non-hydrogen) atoms. The Hall–Kier alpha value is 0.130. The molecule has 0 aliphatic rings. The van der Waals surface area contributed by atoms with Gasteiger partial charge in [0.25, 0.3) is 0 Å². The summed E-state index contributed by atoms with van der Waals surface area (Å²) in [6.45, 7) is 7.22. The molecular weight excluding hydrogens is 350 g/mol. The maximum Gasteiger partial charge on any atom is 0.0791 e. The minimum Gasteiger partial charge on any atom is -0.305 e. The van der Waals surface area contributed by atoms with Crippen molar-refractivity contribution in [3.8, 4) is 0 Å². The van der Waals surface area contributed by atoms with Gasteiger partial charge < -0.3 is 5.32 Å². The fourth-order valence-corrected chi connectivity index (χ4v) is 5.28. The van der Waals surface area contributed by atoms with E-state index in [0.717, 1.165) is 21.6 Å². The maximum absolute atomic E-state index is 6.41. The molecule has 1 atom stereocenters. The van der Waals surface area contributed by atoms with Crippen molar-refractivity contribution >= 4 is 50.2 Å². The zero-order chi connectivity index (χ0) is 13.3. The van der Waals surface area contributed by atoms with Crippen molar-refractivity contribution in [3.05, 3.63) is 41.1 Å². The summed E-state index contributed by atoms with van der Waals surface area (Å²) in [5.41, 5.74) is 1.16. The van der Waals surface area contributed by atoms with E-state index in [1.54, 1.807) is 11.3 Å². The van der Waals surface area contributed by atoms with Crippen LogP contribution in [0.25, 0.3) is 0 Å². The van der Waals surface area contributed by atoms with E-state index in [0.29, 0.717) is 0 Å². The fourth-order valence-electron chi connectivity index (χ4n) is 1.85. The summed E-state index contributed by atoms with van der Waals surface area (Å²) >= 11 is 13.6. The lowest BCUT2D eigenvalue weighted by atomic mass is 10.2. The second-order valence-corrected chi connectivity index (χ2v) is 7.59. The average molecular weight is 365 g/mol. The van der Waals surface area contributed by atoms with Gasteiger partial charge in [-0.25, -0.2) is 0 Å². The Morgan fingerprint density at radius 3 is 2.56 bits per heavy atom. The summed E-state index contributed by atoms with van der Waals surface area (Å²) in [6, 6.07) is 2.35. The molecule has 5 heteroatoms. The molecule has 1 nitrogen and oxygen atoms in total. The molecule has 0 amide bonds. The number of rotatable bonds is 4. The Kier molecular flexibility index (Phi) is 4.89. The highest BCUT2D eigenvalue weighted by Gasteiger charge is 2.22. The van der Waals surface area contributed by atoms with Gasteiger partial charge in [0.1, 0.15) is 0 Å². The summed E-state index contributed by atoms with van der Waals surface area (Å²) in [4.78, 5) is 3.82. The molecule has 2 aromatic heterocycles. The molecule has 0 radical (unpaired) electrons. The van der Waals surface area contributed by atoms with E-state index in [2.05, 4.69) is 53.5 Å². The third kappa shape index (κ3) is 2.83. The maximum atomic E-state index is 6.41. The number of aryl methyl sites for hydroxylation is 2. The fraction of sp³-hybridized carbons (Fsp3) is 0.385. The number of hydrogen-bond acceptors (Lipinski definition) is 3. The van der Waals surface area contributed by atoms with E-state index in [4.69, 9.17) is 11.6 Å². The largest absolute Gasteiger partial charge is 0.305 e. The van der Waals surface area contributed by atoms with Crippen molar-refractivity contribution in [3.63, 3.8) is 0 Å². The zero-order valence-electron chi connectivity index (χ0n) is 10.5. The van der Waals surface area contributed by atoms with E-state index in [1.165, 1.54) is 14.6 Å². The molecule has 1 unspecified atom stereocenters. The van der Waals surface area contributed by atoms with Gasteiger partial charge in [0, 0.05) is 19.1 Å². The average Bonchev–Trinajstić information content (AvgIpc) is 2.81. The van der Waals surface area contributed by atoms with Crippen LogP contribution in [0, 0.1) is 13.8 Å². The Morgan fingerprint density at radius 2 is 2.11 bits per heavy atom. The molecule has 0 aliphatic heterocycles. The molecule has 0 aromatic carbocycles. The second kappa shape index (κ2) is 6.06. The highest BCUT2D eigenvalue weighted by Crippen LogP contribution is 2.41. The van der Waals surface area contributed by atoms with Crippen LogP contribution in [0.4, 0.5) is 0 Å². The van der Waals surface area contributed by atoms with Crippen LogP contribution >= 0.6 is 50.2 Å². The van der Waals surface area contributed by atoms with Crippen molar-refractivity contribution in [2.45, 2.75) is 26.8 Å². The van der Waals surface area contributed by atoms with Crippen LogP contribution in [-0.4, -0.2) is 6.54 Å². The van der Waals surface area contributed by atoms with Gasteiger partial charge in [-0.15, -0.1) is 22.7 Å². The van der Waals surface area contributed by atoms with Crippen molar-refractivity contribution in [2.24, 2.45) is 0 Å². The lowest BCUT2D eigenvalue weighted by Crippen LogP contribution is -2.20. The molecule has 0 saturated heterocycles. The third-order valence-electron chi connectivity index (χ3n) is 2.69. The minimum atomic E-state index is 0.189. The lowest BCUT2D eigenvalue weighted by molar-refractivity contribution is 0.647. The first-order valence-electron chi connectivity index (χ1n) is 5.77. The first kappa shape index (κ1) is 14.5. The summed E-state index contributed by atoms with van der Waals surface area (Å²) in [5.74, 6) is 0. The Balaban J connectivity index is 2.46. The number of nitrogens with one attached hydrogen (secondary N) is 1. The van der Waals surface area contributed by atoms with Crippen LogP contribution < -0.4 is 5.32 Å². The number of thiophene rings is 2. The van der Waals surface area contributed by atoms with Gasteiger partial charge in [-0.3, -0.25) is 0 Å². The standard InChI is InChI=1S/C13H15BrClNS2/c1-4-16-11(12-9(14)5-8(3)18-12)13-10(15)7(2)6-17-13/h5-6,11,16H,4H2,1-3H3. The van der Waals surface area contributed by atoms with Crippen LogP contribution in [-0.2, 0) is 0 Å². The predicted molar refractivity (Wildman–Crippen MR) is 86.3 cm³/mol. The van der Waals surface area contributed by atoms with Gasteiger partial charge in [0.2, 0.25) is 0 Å². The van der Waals surface area contributed by atoms with Crippen LogP contribution in [0.3, 0.4) is 0 Å². The summed E-state index contributed by atoms with van der Waals surface area (Å²) in [5, 5.41) is 6.54. The van der Waals surface area contributed by atoms with Crippen molar-refractivity contribution in [1.29, 1.82) is 0 Å². The monoisotopic (exact) mass is 363 g/mol. The molecule has 2 heterocycles. The van der Waals surface area contributed by atoms with Crippen molar-refractivity contribution in [1.82, 2.24) is 5.32 Å². The van der Waals surface area contributed by atoms with E-state index in [9.17, 15) is 0 Å². The Bertz CT molecular complexity index is 545. The van der Waals surface area contributed by atoms with Crippen LogP contribution in [0.2, 0.25) is 5.02 Å². The highest BCUT2D eigenvalue weighted by atomic mass is 79.9. The molecule has 0 spiro atoms. The Labute approximate surface area is 129 Å². The van der Waals surface area contributed by atoms with E-state index in [-0.39, 0.29) is 6.04 Å². The molecule has 2 aromatic rings.